The maximum Gasteiger partial charge on any atom is 0.137 e. The molecule has 298 valence electrons. The van der Waals surface area contributed by atoms with E-state index in [1.807, 2.05) is 24.4 Å². The van der Waals surface area contributed by atoms with Crippen molar-refractivity contribution in [3.63, 3.8) is 0 Å². The van der Waals surface area contributed by atoms with Crippen LogP contribution in [0.3, 0.4) is 0 Å². The average molecular weight is 815 g/mol. The van der Waals surface area contributed by atoms with E-state index in [9.17, 15) is 0 Å². The van der Waals surface area contributed by atoms with E-state index < -0.39 is 0 Å². The molecule has 0 saturated heterocycles. The number of aromatic nitrogens is 4. The summed E-state index contributed by atoms with van der Waals surface area (Å²) in [5.74, 6) is 0. The molecule has 0 bridgehead atoms. The third-order valence-corrected chi connectivity index (χ3v) is 13.0. The number of imidazole rings is 2. The van der Waals surface area contributed by atoms with Gasteiger partial charge in [0.15, 0.2) is 0 Å². The molecule has 64 heavy (non-hydrogen) atoms. The zero-order valence-electron chi connectivity index (χ0n) is 34.7. The molecular weight excluding hydrogens is 777 g/mol. The first-order valence-electron chi connectivity index (χ1n) is 21.8. The van der Waals surface area contributed by atoms with Crippen molar-refractivity contribution in [1.82, 2.24) is 18.8 Å². The predicted octanol–water partition coefficient (Wildman–Crippen LogP) is 15.6. The van der Waals surface area contributed by atoms with Crippen molar-refractivity contribution in [2.24, 2.45) is 0 Å². The Morgan fingerprint density at radius 3 is 1.05 bits per heavy atom. The molecule has 0 aliphatic rings. The Balaban J connectivity index is 0.963. The van der Waals surface area contributed by atoms with Gasteiger partial charge in [-0.05, 0) is 112 Å². The van der Waals surface area contributed by atoms with Gasteiger partial charge in [-0.15, -0.1) is 0 Å². The first-order chi connectivity index (χ1) is 31.7. The highest BCUT2D eigenvalue weighted by Crippen LogP contribution is 2.50. The lowest BCUT2D eigenvalue weighted by Gasteiger charge is -2.22. The molecule has 4 heteroatoms. The minimum atomic E-state index is 0.928. The minimum Gasteiger partial charge on any atom is -0.306 e. The molecule has 0 saturated carbocycles. The first kappa shape index (κ1) is 36.1. The molecule has 4 nitrogen and oxygen atoms in total. The number of pyridine rings is 2. The smallest absolute Gasteiger partial charge is 0.137 e. The summed E-state index contributed by atoms with van der Waals surface area (Å²) in [4.78, 5) is 9.92. The Morgan fingerprint density at radius 1 is 0.234 bits per heavy atom. The van der Waals surface area contributed by atoms with Crippen molar-refractivity contribution < 1.29 is 0 Å². The summed E-state index contributed by atoms with van der Waals surface area (Å²) in [7, 11) is 0. The normalized spacial score (nSPS) is 11.8. The van der Waals surface area contributed by atoms with Gasteiger partial charge < -0.3 is 8.80 Å². The van der Waals surface area contributed by atoms with Crippen molar-refractivity contribution in [2.75, 3.05) is 0 Å². The van der Waals surface area contributed by atoms with Crippen LogP contribution in [0.25, 0.3) is 121 Å². The molecule has 0 fully saturated rings. The molecule has 0 spiro atoms. The van der Waals surface area contributed by atoms with E-state index in [1.54, 1.807) is 0 Å². The zero-order valence-corrected chi connectivity index (χ0v) is 34.7. The van der Waals surface area contributed by atoms with Crippen LogP contribution in [0.15, 0.2) is 231 Å². The molecule has 0 unspecified atom stereocenters. The lowest BCUT2D eigenvalue weighted by atomic mass is 9.81. The van der Waals surface area contributed by atoms with Crippen LogP contribution < -0.4 is 0 Å². The minimum absolute atomic E-state index is 0.928. The summed E-state index contributed by atoms with van der Waals surface area (Å²) in [6.07, 6.45) is 8.44. The Bertz CT molecular complexity index is 3790. The van der Waals surface area contributed by atoms with Crippen molar-refractivity contribution in [2.45, 2.75) is 0 Å². The molecule has 13 rings (SSSR count). The van der Waals surface area contributed by atoms with Crippen molar-refractivity contribution in [1.29, 1.82) is 0 Å². The van der Waals surface area contributed by atoms with Gasteiger partial charge in [0.2, 0.25) is 0 Å². The maximum absolute atomic E-state index is 5.02. The molecule has 4 aromatic heterocycles. The van der Waals surface area contributed by atoms with Gasteiger partial charge in [-0.2, -0.15) is 0 Å². The fourth-order valence-electron chi connectivity index (χ4n) is 10.0. The Kier molecular flexibility index (Phi) is 8.18. The van der Waals surface area contributed by atoms with Gasteiger partial charge in [-0.1, -0.05) is 182 Å². The molecule has 13 aromatic rings. The SMILES string of the molecule is c1ccc(-c2ccc3nc(-c4ccc(-c5c6ccccc6c(-c6c7ccccc7c(-c7ccc(-c8cn9ccccc9n8)cc7)c7ccccc67)c6ccccc56)cc4)cn3c2)cc1. The average Bonchev–Trinajstić information content (AvgIpc) is 4.01. The van der Waals surface area contributed by atoms with E-state index in [2.05, 4.69) is 215 Å². The topological polar surface area (TPSA) is 34.6 Å². The second kappa shape index (κ2) is 14.5. The van der Waals surface area contributed by atoms with Crippen LogP contribution in [0.2, 0.25) is 0 Å². The van der Waals surface area contributed by atoms with Crippen LogP contribution in [0.1, 0.15) is 0 Å². The number of benzene rings is 9. The second-order valence-corrected chi connectivity index (χ2v) is 16.6. The lowest BCUT2D eigenvalue weighted by molar-refractivity contribution is 1.19. The van der Waals surface area contributed by atoms with E-state index >= 15 is 0 Å². The van der Waals surface area contributed by atoms with Gasteiger partial charge in [-0.25, -0.2) is 9.97 Å². The molecule has 9 aromatic carbocycles. The maximum atomic E-state index is 5.02. The number of rotatable bonds is 6. The summed E-state index contributed by atoms with van der Waals surface area (Å²) >= 11 is 0. The molecule has 0 aliphatic heterocycles. The van der Waals surface area contributed by atoms with Crippen LogP contribution in [-0.2, 0) is 0 Å². The van der Waals surface area contributed by atoms with E-state index in [0.29, 0.717) is 0 Å². The van der Waals surface area contributed by atoms with Crippen molar-refractivity contribution >= 4 is 54.4 Å². The van der Waals surface area contributed by atoms with Crippen LogP contribution in [0, 0.1) is 0 Å². The summed E-state index contributed by atoms with van der Waals surface area (Å²) in [5, 5.41) is 9.84. The Hall–Kier alpha value is -8.60. The molecule has 0 aliphatic carbocycles. The Labute approximate surface area is 369 Å². The Morgan fingerprint density at radius 2 is 0.594 bits per heavy atom. The summed E-state index contributed by atoms with van der Waals surface area (Å²) in [6.45, 7) is 0. The number of hydrogen-bond donors (Lipinski definition) is 0. The standard InChI is InChI=1S/C60H38N4/c1-2-14-39(15-3-1)44-33-34-56-62-54(38-64(56)36-44)41-27-31-43(32-28-41)58-47-18-6-10-22-51(47)60(52-23-11-7-19-48(52)58)59-49-20-8-4-16-45(49)57(46-17-5-9-21-50(46)59)42-29-25-40(26-30-42)53-37-63-35-13-12-24-55(63)61-53/h1-38H. The quantitative estimate of drug-likeness (QED) is 0.157. The fourth-order valence-corrected chi connectivity index (χ4v) is 10.0. The van der Waals surface area contributed by atoms with E-state index in [0.717, 1.165) is 39.4 Å². The number of nitrogens with zero attached hydrogens (tertiary/aromatic N) is 4. The van der Waals surface area contributed by atoms with Gasteiger partial charge in [0.05, 0.1) is 11.4 Å². The summed E-state index contributed by atoms with van der Waals surface area (Å²) < 4.78 is 4.20. The molecule has 4 heterocycles. The first-order valence-corrected chi connectivity index (χ1v) is 21.8. The largest absolute Gasteiger partial charge is 0.306 e. The highest BCUT2D eigenvalue weighted by Gasteiger charge is 2.22. The van der Waals surface area contributed by atoms with Crippen molar-refractivity contribution in [3.8, 4) is 67.0 Å². The van der Waals surface area contributed by atoms with Gasteiger partial charge in [0.1, 0.15) is 11.3 Å². The third kappa shape index (κ3) is 5.77. The fraction of sp³-hybridized carbons (Fsp3) is 0. The number of hydrogen-bond acceptors (Lipinski definition) is 2. The highest BCUT2D eigenvalue weighted by molar-refractivity contribution is 6.30. The molecular formula is C60H38N4. The van der Waals surface area contributed by atoms with E-state index in [4.69, 9.17) is 9.97 Å². The third-order valence-electron chi connectivity index (χ3n) is 13.0. The lowest BCUT2D eigenvalue weighted by Crippen LogP contribution is -1.94. The summed E-state index contributed by atoms with van der Waals surface area (Å²) in [6, 6.07) is 74.6. The second-order valence-electron chi connectivity index (χ2n) is 16.6. The molecule has 0 amide bonds. The van der Waals surface area contributed by atoms with Gasteiger partial charge in [0, 0.05) is 35.9 Å². The number of fused-ring (bicyclic) bond motifs is 6. The zero-order chi connectivity index (χ0) is 42.1. The van der Waals surface area contributed by atoms with Crippen LogP contribution in [0.4, 0.5) is 0 Å². The van der Waals surface area contributed by atoms with E-state index in [1.165, 1.54) is 82.0 Å². The van der Waals surface area contributed by atoms with Crippen LogP contribution in [-0.4, -0.2) is 18.8 Å². The molecule has 0 N–H and O–H groups in total. The van der Waals surface area contributed by atoms with E-state index in [-0.39, 0.29) is 0 Å². The summed E-state index contributed by atoms with van der Waals surface area (Å²) in [5.41, 5.74) is 15.7. The molecule has 0 atom stereocenters. The van der Waals surface area contributed by atoms with Gasteiger partial charge >= 0.3 is 0 Å². The molecule has 0 radical (unpaired) electrons. The monoisotopic (exact) mass is 814 g/mol. The van der Waals surface area contributed by atoms with Crippen LogP contribution in [0.5, 0.6) is 0 Å². The van der Waals surface area contributed by atoms with Gasteiger partial charge in [0.25, 0.3) is 0 Å². The predicted molar refractivity (Wildman–Crippen MR) is 267 cm³/mol. The highest BCUT2D eigenvalue weighted by atomic mass is 15.0. The van der Waals surface area contributed by atoms with Gasteiger partial charge in [-0.3, -0.25) is 0 Å². The van der Waals surface area contributed by atoms with Crippen LogP contribution >= 0.6 is 0 Å². The van der Waals surface area contributed by atoms with Crippen molar-refractivity contribution in [3.05, 3.63) is 231 Å².